The summed E-state index contributed by atoms with van der Waals surface area (Å²) in [4.78, 5) is 30.3. The number of benzene rings is 2. The summed E-state index contributed by atoms with van der Waals surface area (Å²) in [5.74, 6) is 1.83. The summed E-state index contributed by atoms with van der Waals surface area (Å²) in [6.45, 7) is 8.94. The first-order chi connectivity index (χ1) is 15.9. The number of para-hydroxylation sites is 2. The third-order valence-electron chi connectivity index (χ3n) is 5.94. The molecule has 0 spiro atoms. The average molecular weight is 445 g/mol. The number of fused-ring (bicyclic) bond motifs is 1. The van der Waals surface area contributed by atoms with Gasteiger partial charge in [0.2, 0.25) is 5.95 Å². The van der Waals surface area contributed by atoms with Crippen molar-refractivity contribution in [2.24, 2.45) is 0 Å². The summed E-state index contributed by atoms with van der Waals surface area (Å²) in [7, 11) is 0. The molecule has 3 heterocycles. The van der Waals surface area contributed by atoms with Crippen LogP contribution in [-0.2, 0) is 5.41 Å². The summed E-state index contributed by atoms with van der Waals surface area (Å²) in [5.41, 5.74) is 2.99. The fourth-order valence-electron chi connectivity index (χ4n) is 4.09. The first-order valence-corrected chi connectivity index (χ1v) is 11.3. The molecular formula is C25H28N6O2. The molecule has 0 saturated carbocycles. The molecule has 1 aliphatic heterocycles. The van der Waals surface area contributed by atoms with E-state index in [4.69, 9.17) is 9.51 Å². The lowest BCUT2D eigenvalue weighted by Gasteiger charge is -2.22. The summed E-state index contributed by atoms with van der Waals surface area (Å²) in [6.07, 6.45) is 0.861. The number of nitrogens with one attached hydrogen (secondary N) is 1. The number of hydrogen-bond acceptors (Lipinski definition) is 6. The first kappa shape index (κ1) is 21.2. The van der Waals surface area contributed by atoms with Gasteiger partial charge in [-0.05, 0) is 30.7 Å². The molecule has 170 valence electrons. The zero-order chi connectivity index (χ0) is 23.0. The standard InChI is InChI=1S/C25H28N6O2/c1-25(2,3)23-28-21(33-29-23)17-9-4-5-10-18(17)22(32)30-13-8-14-31(16-15-30)24-26-19-11-6-7-12-20(19)27-24/h4-7,9-12H,8,13-16H2,1-3H3,(H,26,27). The second-order valence-corrected chi connectivity index (χ2v) is 9.43. The van der Waals surface area contributed by atoms with Crippen molar-refractivity contribution in [3.8, 4) is 11.5 Å². The van der Waals surface area contributed by atoms with E-state index in [0.717, 1.165) is 29.9 Å². The minimum absolute atomic E-state index is 0.0208. The maximum atomic E-state index is 13.5. The Hall–Kier alpha value is -3.68. The molecule has 0 unspecified atom stereocenters. The highest BCUT2D eigenvalue weighted by atomic mass is 16.5. The smallest absolute Gasteiger partial charge is 0.258 e. The maximum Gasteiger partial charge on any atom is 0.258 e. The van der Waals surface area contributed by atoms with Crippen molar-refractivity contribution in [3.05, 3.63) is 59.9 Å². The molecule has 33 heavy (non-hydrogen) atoms. The van der Waals surface area contributed by atoms with Crippen LogP contribution in [0.2, 0.25) is 0 Å². The number of amides is 1. The highest BCUT2D eigenvalue weighted by Crippen LogP contribution is 2.27. The van der Waals surface area contributed by atoms with E-state index in [2.05, 4.69) is 20.0 Å². The van der Waals surface area contributed by atoms with E-state index in [0.29, 0.717) is 42.5 Å². The molecular weight excluding hydrogens is 416 g/mol. The number of imidazole rings is 1. The highest BCUT2D eigenvalue weighted by molar-refractivity contribution is 6.00. The molecule has 1 fully saturated rings. The topological polar surface area (TPSA) is 91.2 Å². The molecule has 1 amide bonds. The van der Waals surface area contributed by atoms with Crippen molar-refractivity contribution >= 4 is 22.9 Å². The van der Waals surface area contributed by atoms with Crippen molar-refractivity contribution in [1.29, 1.82) is 0 Å². The van der Waals surface area contributed by atoms with Gasteiger partial charge in [-0.3, -0.25) is 4.79 Å². The SMILES string of the molecule is CC(C)(C)c1noc(-c2ccccc2C(=O)N2CCCN(c3nc4ccccc4[nH]3)CC2)n1. The summed E-state index contributed by atoms with van der Waals surface area (Å²) < 4.78 is 5.53. The molecule has 2 aromatic heterocycles. The number of aromatic nitrogens is 4. The molecule has 8 heteroatoms. The van der Waals surface area contributed by atoms with Crippen LogP contribution in [0, 0.1) is 0 Å². The highest BCUT2D eigenvalue weighted by Gasteiger charge is 2.27. The number of carbonyl (C=O) groups excluding carboxylic acids is 1. The van der Waals surface area contributed by atoms with Crippen LogP contribution >= 0.6 is 0 Å². The quantitative estimate of drug-likeness (QED) is 0.508. The molecule has 0 radical (unpaired) electrons. The molecule has 1 N–H and O–H groups in total. The van der Waals surface area contributed by atoms with Crippen LogP contribution in [0.3, 0.4) is 0 Å². The minimum atomic E-state index is -0.231. The number of H-pyrrole nitrogens is 1. The Bertz CT molecular complexity index is 1250. The third kappa shape index (κ3) is 4.20. The van der Waals surface area contributed by atoms with Crippen molar-refractivity contribution in [2.45, 2.75) is 32.6 Å². The van der Waals surface area contributed by atoms with Gasteiger partial charge in [0.1, 0.15) is 0 Å². The number of nitrogens with zero attached hydrogens (tertiary/aromatic N) is 5. The van der Waals surface area contributed by atoms with E-state index >= 15 is 0 Å². The molecule has 1 aliphatic rings. The van der Waals surface area contributed by atoms with Crippen LogP contribution in [-0.4, -0.2) is 57.1 Å². The Morgan fingerprint density at radius 3 is 2.55 bits per heavy atom. The van der Waals surface area contributed by atoms with Crippen LogP contribution in [0.5, 0.6) is 0 Å². The van der Waals surface area contributed by atoms with Gasteiger partial charge in [-0.1, -0.05) is 50.2 Å². The van der Waals surface area contributed by atoms with Gasteiger partial charge < -0.3 is 19.3 Å². The zero-order valence-corrected chi connectivity index (χ0v) is 19.2. The summed E-state index contributed by atoms with van der Waals surface area (Å²) >= 11 is 0. The normalized spacial score (nSPS) is 15.1. The predicted octanol–water partition coefficient (Wildman–Crippen LogP) is 4.26. The Morgan fingerprint density at radius 2 is 1.76 bits per heavy atom. The van der Waals surface area contributed by atoms with Gasteiger partial charge in [-0.25, -0.2) is 4.98 Å². The number of anilines is 1. The van der Waals surface area contributed by atoms with Crippen molar-refractivity contribution < 1.29 is 9.32 Å². The first-order valence-electron chi connectivity index (χ1n) is 11.3. The monoisotopic (exact) mass is 444 g/mol. The summed E-state index contributed by atoms with van der Waals surface area (Å²) in [5, 5.41) is 4.13. The van der Waals surface area contributed by atoms with Gasteiger partial charge >= 0.3 is 0 Å². The van der Waals surface area contributed by atoms with Crippen molar-refractivity contribution in [3.63, 3.8) is 0 Å². The lowest BCUT2D eigenvalue weighted by atomic mass is 9.96. The van der Waals surface area contributed by atoms with Gasteiger partial charge in [0.05, 0.1) is 22.2 Å². The molecule has 5 rings (SSSR count). The third-order valence-corrected chi connectivity index (χ3v) is 5.94. The second-order valence-electron chi connectivity index (χ2n) is 9.43. The lowest BCUT2D eigenvalue weighted by molar-refractivity contribution is 0.0767. The van der Waals surface area contributed by atoms with E-state index < -0.39 is 0 Å². The van der Waals surface area contributed by atoms with Crippen molar-refractivity contribution in [1.82, 2.24) is 25.0 Å². The minimum Gasteiger partial charge on any atom is -0.341 e. The van der Waals surface area contributed by atoms with E-state index in [-0.39, 0.29) is 11.3 Å². The largest absolute Gasteiger partial charge is 0.341 e. The van der Waals surface area contributed by atoms with Gasteiger partial charge in [0.15, 0.2) is 5.82 Å². The molecule has 8 nitrogen and oxygen atoms in total. The zero-order valence-electron chi connectivity index (χ0n) is 19.2. The Labute approximate surface area is 192 Å². The summed E-state index contributed by atoms with van der Waals surface area (Å²) in [6, 6.07) is 15.5. The predicted molar refractivity (Wildman–Crippen MR) is 127 cm³/mol. The van der Waals surface area contributed by atoms with E-state index in [9.17, 15) is 4.79 Å². The Morgan fingerprint density at radius 1 is 0.970 bits per heavy atom. The van der Waals surface area contributed by atoms with E-state index in [1.807, 2.05) is 74.2 Å². The molecule has 4 aromatic rings. The van der Waals surface area contributed by atoms with Gasteiger partial charge in [-0.15, -0.1) is 0 Å². The van der Waals surface area contributed by atoms with Crippen LogP contribution in [0.25, 0.3) is 22.5 Å². The Kier molecular flexibility index (Phi) is 5.36. The fraction of sp³-hybridized carbons (Fsp3) is 0.360. The van der Waals surface area contributed by atoms with E-state index in [1.165, 1.54) is 0 Å². The molecule has 2 aromatic carbocycles. The maximum absolute atomic E-state index is 13.5. The molecule has 0 aliphatic carbocycles. The molecule has 1 saturated heterocycles. The number of aromatic amines is 1. The Balaban J connectivity index is 1.35. The van der Waals surface area contributed by atoms with Crippen molar-refractivity contribution in [2.75, 3.05) is 31.1 Å². The fourth-order valence-corrected chi connectivity index (χ4v) is 4.09. The van der Waals surface area contributed by atoms with Gasteiger partial charge in [0, 0.05) is 31.6 Å². The number of carbonyl (C=O) groups is 1. The van der Waals surface area contributed by atoms with Crippen LogP contribution in [0.1, 0.15) is 43.4 Å². The van der Waals surface area contributed by atoms with Gasteiger partial charge in [-0.2, -0.15) is 4.98 Å². The number of hydrogen-bond donors (Lipinski definition) is 1. The molecule has 0 atom stereocenters. The number of rotatable bonds is 3. The van der Waals surface area contributed by atoms with Gasteiger partial charge in [0.25, 0.3) is 11.8 Å². The lowest BCUT2D eigenvalue weighted by Crippen LogP contribution is -2.35. The van der Waals surface area contributed by atoms with Crippen LogP contribution in [0.4, 0.5) is 5.95 Å². The van der Waals surface area contributed by atoms with E-state index in [1.54, 1.807) is 0 Å². The average Bonchev–Trinajstić information content (AvgIpc) is 3.40. The van der Waals surface area contributed by atoms with Crippen LogP contribution in [0.15, 0.2) is 53.1 Å². The van der Waals surface area contributed by atoms with Crippen LogP contribution < -0.4 is 4.90 Å². The second kappa shape index (κ2) is 8.35. The molecule has 0 bridgehead atoms.